The fraction of sp³-hybridized carbons (Fsp3) is 0. The van der Waals surface area contributed by atoms with Gasteiger partial charge >= 0.3 is 0 Å². The topological polar surface area (TPSA) is 60.7 Å². The lowest BCUT2D eigenvalue weighted by molar-refractivity contribution is 0.450. The van der Waals surface area contributed by atoms with Crippen molar-refractivity contribution in [3.05, 3.63) is 65.7 Å². The zero-order valence-corrected chi connectivity index (χ0v) is 11.2. The number of benzene rings is 3. The van der Waals surface area contributed by atoms with Crippen LogP contribution in [-0.2, 0) is 0 Å². The van der Waals surface area contributed by atoms with E-state index in [0.29, 0.717) is 0 Å². The molecule has 21 heavy (non-hydrogen) atoms. The average Bonchev–Trinajstić information content (AvgIpc) is 2.44. The molecule has 0 aliphatic carbocycles. The average molecular weight is 278 g/mol. The highest BCUT2D eigenvalue weighted by molar-refractivity contribution is 5.87. The van der Waals surface area contributed by atoms with Crippen LogP contribution in [0.1, 0.15) is 11.1 Å². The minimum atomic E-state index is 0.0311. The predicted molar refractivity (Wildman–Crippen MR) is 84.3 cm³/mol. The molecule has 0 aliphatic rings. The fourth-order valence-corrected chi connectivity index (χ4v) is 2.26. The SMILES string of the molecule is Oc1cc(O)cc(/C=C/c2ccc3cc(O)ccc3c2)c1. The largest absolute Gasteiger partial charge is 0.508 e. The Morgan fingerprint density at radius 1 is 0.524 bits per heavy atom. The summed E-state index contributed by atoms with van der Waals surface area (Å²) in [6, 6.07) is 15.6. The van der Waals surface area contributed by atoms with Gasteiger partial charge in [0.15, 0.2) is 0 Å². The third-order valence-corrected chi connectivity index (χ3v) is 3.24. The summed E-state index contributed by atoms with van der Waals surface area (Å²) in [7, 11) is 0. The van der Waals surface area contributed by atoms with Crippen LogP contribution in [0.2, 0.25) is 0 Å². The molecule has 3 aromatic rings. The van der Waals surface area contributed by atoms with E-state index in [-0.39, 0.29) is 17.2 Å². The van der Waals surface area contributed by atoms with Gasteiger partial charge in [0.1, 0.15) is 17.2 Å². The Morgan fingerprint density at radius 3 is 1.90 bits per heavy atom. The minimum Gasteiger partial charge on any atom is -0.508 e. The Balaban J connectivity index is 1.93. The summed E-state index contributed by atoms with van der Waals surface area (Å²) < 4.78 is 0. The maximum absolute atomic E-state index is 9.44. The molecule has 104 valence electrons. The predicted octanol–water partition coefficient (Wildman–Crippen LogP) is 4.13. The summed E-state index contributed by atoms with van der Waals surface area (Å²) in [5.74, 6) is 0.313. The van der Waals surface area contributed by atoms with E-state index >= 15 is 0 Å². The first kappa shape index (κ1) is 13.1. The van der Waals surface area contributed by atoms with E-state index < -0.39 is 0 Å². The van der Waals surface area contributed by atoms with E-state index in [1.165, 1.54) is 6.07 Å². The molecule has 3 N–H and O–H groups in total. The molecule has 0 aliphatic heterocycles. The van der Waals surface area contributed by atoms with Gasteiger partial charge < -0.3 is 15.3 Å². The summed E-state index contributed by atoms with van der Waals surface area (Å²) in [6.45, 7) is 0. The van der Waals surface area contributed by atoms with Crippen LogP contribution in [0.4, 0.5) is 0 Å². The Morgan fingerprint density at radius 2 is 1.14 bits per heavy atom. The van der Waals surface area contributed by atoms with Crippen LogP contribution >= 0.6 is 0 Å². The fourth-order valence-electron chi connectivity index (χ4n) is 2.26. The highest BCUT2D eigenvalue weighted by atomic mass is 16.3. The van der Waals surface area contributed by atoms with Crippen molar-refractivity contribution in [2.45, 2.75) is 0 Å². The van der Waals surface area contributed by atoms with Crippen molar-refractivity contribution in [1.29, 1.82) is 0 Å². The first-order chi connectivity index (χ1) is 10.1. The highest BCUT2D eigenvalue weighted by Gasteiger charge is 1.98. The van der Waals surface area contributed by atoms with Gasteiger partial charge in [0.25, 0.3) is 0 Å². The summed E-state index contributed by atoms with van der Waals surface area (Å²) in [6.07, 6.45) is 3.72. The first-order valence-corrected chi connectivity index (χ1v) is 6.54. The summed E-state index contributed by atoms with van der Waals surface area (Å²) in [5, 5.41) is 30.3. The van der Waals surface area contributed by atoms with Crippen LogP contribution in [0.25, 0.3) is 22.9 Å². The van der Waals surface area contributed by atoms with E-state index in [2.05, 4.69) is 0 Å². The van der Waals surface area contributed by atoms with E-state index in [1.807, 2.05) is 36.4 Å². The van der Waals surface area contributed by atoms with Gasteiger partial charge in [-0.2, -0.15) is 0 Å². The van der Waals surface area contributed by atoms with Crippen molar-refractivity contribution < 1.29 is 15.3 Å². The number of hydrogen-bond acceptors (Lipinski definition) is 3. The summed E-state index contributed by atoms with van der Waals surface area (Å²) >= 11 is 0. The lowest BCUT2D eigenvalue weighted by Gasteiger charge is -2.01. The quantitative estimate of drug-likeness (QED) is 0.618. The molecular weight excluding hydrogens is 264 g/mol. The van der Waals surface area contributed by atoms with Crippen LogP contribution in [0, 0.1) is 0 Å². The molecule has 0 bridgehead atoms. The van der Waals surface area contributed by atoms with Crippen molar-refractivity contribution >= 4 is 22.9 Å². The van der Waals surface area contributed by atoms with Crippen molar-refractivity contribution in [2.75, 3.05) is 0 Å². The lowest BCUT2D eigenvalue weighted by atomic mass is 10.1. The zero-order chi connectivity index (χ0) is 14.8. The molecule has 0 aromatic heterocycles. The normalized spacial score (nSPS) is 11.2. The number of rotatable bonds is 2. The van der Waals surface area contributed by atoms with E-state index in [0.717, 1.165) is 21.9 Å². The molecule has 0 saturated heterocycles. The van der Waals surface area contributed by atoms with E-state index in [4.69, 9.17) is 0 Å². The molecule has 0 heterocycles. The van der Waals surface area contributed by atoms with Gasteiger partial charge in [0, 0.05) is 6.07 Å². The minimum absolute atomic E-state index is 0.0311. The summed E-state index contributed by atoms with van der Waals surface area (Å²) in [4.78, 5) is 0. The molecule has 0 radical (unpaired) electrons. The lowest BCUT2D eigenvalue weighted by Crippen LogP contribution is -1.77. The third-order valence-electron chi connectivity index (χ3n) is 3.24. The Hall–Kier alpha value is -2.94. The molecule has 0 atom stereocenters. The molecule has 0 amide bonds. The van der Waals surface area contributed by atoms with Crippen molar-refractivity contribution in [2.24, 2.45) is 0 Å². The molecule has 3 heteroatoms. The molecular formula is C18H14O3. The second-order valence-electron chi connectivity index (χ2n) is 4.91. The zero-order valence-electron chi connectivity index (χ0n) is 11.2. The molecule has 0 fully saturated rings. The maximum Gasteiger partial charge on any atom is 0.119 e. The van der Waals surface area contributed by atoms with Gasteiger partial charge in [-0.3, -0.25) is 0 Å². The third kappa shape index (κ3) is 2.98. The molecule has 3 aromatic carbocycles. The van der Waals surface area contributed by atoms with Crippen LogP contribution in [0.5, 0.6) is 17.2 Å². The highest BCUT2D eigenvalue weighted by Crippen LogP contribution is 2.24. The molecule has 0 unspecified atom stereocenters. The van der Waals surface area contributed by atoms with Gasteiger partial charge in [-0.15, -0.1) is 0 Å². The number of fused-ring (bicyclic) bond motifs is 1. The van der Waals surface area contributed by atoms with Gasteiger partial charge in [0.05, 0.1) is 0 Å². The second-order valence-corrected chi connectivity index (χ2v) is 4.91. The standard InChI is InChI=1S/C18H14O3/c19-16-6-5-14-7-12(3-4-15(14)10-16)1-2-13-8-17(20)11-18(21)9-13/h1-11,19-21H/b2-1+. The molecule has 0 spiro atoms. The van der Waals surface area contributed by atoms with E-state index in [9.17, 15) is 15.3 Å². The molecule has 3 nitrogen and oxygen atoms in total. The molecule has 3 rings (SSSR count). The summed E-state index contributed by atoms with van der Waals surface area (Å²) in [5.41, 5.74) is 1.72. The Labute approximate surface area is 122 Å². The first-order valence-electron chi connectivity index (χ1n) is 6.54. The number of hydrogen-bond donors (Lipinski definition) is 3. The Kier molecular flexibility index (Phi) is 3.24. The number of phenolic OH excluding ortho intramolecular Hbond substituents is 3. The Bertz CT molecular complexity index is 815. The number of aromatic hydroxyl groups is 3. The van der Waals surface area contributed by atoms with Crippen LogP contribution in [0.3, 0.4) is 0 Å². The van der Waals surface area contributed by atoms with Crippen molar-refractivity contribution in [3.8, 4) is 17.2 Å². The molecule has 0 saturated carbocycles. The van der Waals surface area contributed by atoms with Crippen LogP contribution in [-0.4, -0.2) is 15.3 Å². The van der Waals surface area contributed by atoms with Gasteiger partial charge in [-0.25, -0.2) is 0 Å². The monoisotopic (exact) mass is 278 g/mol. The van der Waals surface area contributed by atoms with E-state index in [1.54, 1.807) is 24.3 Å². The van der Waals surface area contributed by atoms with Crippen LogP contribution in [0.15, 0.2) is 54.6 Å². The van der Waals surface area contributed by atoms with Gasteiger partial charge in [-0.1, -0.05) is 30.4 Å². The van der Waals surface area contributed by atoms with Crippen molar-refractivity contribution in [3.63, 3.8) is 0 Å². The van der Waals surface area contributed by atoms with Gasteiger partial charge in [-0.05, 0) is 52.2 Å². The number of phenols is 3. The smallest absolute Gasteiger partial charge is 0.119 e. The van der Waals surface area contributed by atoms with Crippen molar-refractivity contribution in [1.82, 2.24) is 0 Å². The van der Waals surface area contributed by atoms with Crippen LogP contribution < -0.4 is 0 Å². The second kappa shape index (κ2) is 5.21. The maximum atomic E-state index is 9.44. The van der Waals surface area contributed by atoms with Gasteiger partial charge in [0.2, 0.25) is 0 Å².